The number of anilines is 1. The molecule has 1 aliphatic rings. The van der Waals surface area contributed by atoms with Crippen LogP contribution in [0.15, 0.2) is 5.38 Å². The van der Waals surface area contributed by atoms with E-state index in [0.717, 1.165) is 6.42 Å². The largest absolute Gasteiger partial charge is 0.481 e. The first-order valence-corrected chi connectivity index (χ1v) is 9.07. The fraction of sp³-hybridized carbons (Fsp3) is 0.667. The zero-order chi connectivity index (χ0) is 15.0. The van der Waals surface area contributed by atoms with Crippen molar-refractivity contribution in [1.29, 1.82) is 0 Å². The van der Waals surface area contributed by atoms with Gasteiger partial charge in [-0.2, -0.15) is 0 Å². The van der Waals surface area contributed by atoms with Crippen LogP contribution in [0.2, 0.25) is 0 Å². The van der Waals surface area contributed by atoms with Gasteiger partial charge >= 0.3 is 5.97 Å². The van der Waals surface area contributed by atoms with Gasteiger partial charge in [0.05, 0.1) is 17.2 Å². The average molecular weight is 318 g/mol. The second-order valence-corrected chi connectivity index (χ2v) is 8.65. The molecule has 2 rings (SSSR count). The molecule has 112 valence electrons. The number of rotatable bonds is 4. The Hall–Kier alpha value is -1.15. The minimum absolute atomic E-state index is 0.115. The predicted molar refractivity (Wildman–Crippen MR) is 78.1 cm³/mol. The summed E-state index contributed by atoms with van der Waals surface area (Å²) < 4.78 is 23.1. The van der Waals surface area contributed by atoms with Gasteiger partial charge in [-0.3, -0.25) is 4.79 Å². The number of hydrogen-bond donors (Lipinski definition) is 2. The van der Waals surface area contributed by atoms with E-state index >= 15 is 0 Å². The number of hydrogen-bond acceptors (Lipinski definition) is 6. The number of carboxylic acids is 1. The zero-order valence-corrected chi connectivity index (χ0v) is 13.1. The van der Waals surface area contributed by atoms with Gasteiger partial charge < -0.3 is 10.4 Å². The third-order valence-electron chi connectivity index (χ3n) is 3.47. The highest BCUT2D eigenvalue weighted by atomic mass is 32.2. The molecule has 1 fully saturated rings. The number of nitrogens with one attached hydrogen (secondary N) is 1. The van der Waals surface area contributed by atoms with Crippen molar-refractivity contribution in [3.8, 4) is 0 Å². The Kier molecular flexibility index (Phi) is 4.06. The Morgan fingerprint density at radius 3 is 2.85 bits per heavy atom. The maximum absolute atomic E-state index is 11.6. The van der Waals surface area contributed by atoms with Gasteiger partial charge in [0, 0.05) is 11.4 Å². The molecule has 6 nitrogen and oxygen atoms in total. The SMILES string of the molecule is CC(C)(C(=O)O)c1csc(NC2CCCS(=O)(=O)C2)n1. The van der Waals surface area contributed by atoms with Gasteiger partial charge in [0.15, 0.2) is 15.0 Å². The standard InChI is InChI=1S/C12H18N2O4S2/c1-12(2,10(15)16)9-6-19-11(14-9)13-8-4-3-5-20(17,18)7-8/h6,8H,3-5,7H2,1-2H3,(H,13,14)(H,15,16). The molecule has 0 aliphatic carbocycles. The molecular weight excluding hydrogens is 300 g/mol. The van der Waals surface area contributed by atoms with E-state index in [-0.39, 0.29) is 17.5 Å². The highest BCUT2D eigenvalue weighted by Gasteiger charge is 2.32. The summed E-state index contributed by atoms with van der Waals surface area (Å²) in [5.74, 6) is -0.570. The third-order valence-corrected chi connectivity index (χ3v) is 6.06. The van der Waals surface area contributed by atoms with Crippen molar-refractivity contribution in [3.63, 3.8) is 0 Å². The predicted octanol–water partition coefficient (Wildman–Crippen LogP) is 1.49. The molecule has 0 radical (unpaired) electrons. The number of carboxylic acid groups (broad SMARTS) is 1. The number of carbonyl (C=O) groups is 1. The molecule has 1 aromatic rings. The number of sulfone groups is 1. The summed E-state index contributed by atoms with van der Waals surface area (Å²) in [5.41, 5.74) is -0.564. The summed E-state index contributed by atoms with van der Waals surface area (Å²) in [6.45, 7) is 3.19. The van der Waals surface area contributed by atoms with Crippen LogP contribution in [-0.4, -0.2) is 42.0 Å². The van der Waals surface area contributed by atoms with Crippen LogP contribution in [0.5, 0.6) is 0 Å². The van der Waals surface area contributed by atoms with E-state index in [1.165, 1.54) is 11.3 Å². The highest BCUT2D eigenvalue weighted by molar-refractivity contribution is 7.91. The summed E-state index contributed by atoms with van der Waals surface area (Å²) in [6.07, 6.45) is 1.44. The Morgan fingerprint density at radius 2 is 2.25 bits per heavy atom. The lowest BCUT2D eigenvalue weighted by atomic mass is 9.90. The van der Waals surface area contributed by atoms with Crippen molar-refractivity contribution < 1.29 is 18.3 Å². The fourth-order valence-electron chi connectivity index (χ4n) is 2.05. The Bertz CT molecular complexity index is 607. The van der Waals surface area contributed by atoms with E-state index < -0.39 is 21.2 Å². The topological polar surface area (TPSA) is 96.4 Å². The van der Waals surface area contributed by atoms with Crippen LogP contribution in [0.1, 0.15) is 32.4 Å². The molecule has 20 heavy (non-hydrogen) atoms. The van der Waals surface area contributed by atoms with E-state index in [0.29, 0.717) is 17.2 Å². The summed E-state index contributed by atoms with van der Waals surface area (Å²) >= 11 is 1.31. The normalized spacial score (nSPS) is 22.4. The van der Waals surface area contributed by atoms with Gasteiger partial charge in [0.1, 0.15) is 5.41 Å². The lowest BCUT2D eigenvalue weighted by molar-refractivity contribution is -0.142. The van der Waals surface area contributed by atoms with Crippen molar-refractivity contribution >= 4 is 32.3 Å². The van der Waals surface area contributed by atoms with Crippen LogP contribution >= 0.6 is 11.3 Å². The van der Waals surface area contributed by atoms with Gasteiger partial charge in [0.25, 0.3) is 0 Å². The molecule has 0 spiro atoms. The smallest absolute Gasteiger partial charge is 0.315 e. The number of aromatic nitrogens is 1. The molecule has 0 amide bonds. The van der Waals surface area contributed by atoms with Crippen LogP contribution in [0.25, 0.3) is 0 Å². The van der Waals surface area contributed by atoms with Crippen LogP contribution < -0.4 is 5.32 Å². The number of aliphatic carboxylic acids is 1. The second kappa shape index (κ2) is 5.33. The maximum atomic E-state index is 11.6. The monoisotopic (exact) mass is 318 g/mol. The number of nitrogens with zero attached hydrogens (tertiary/aromatic N) is 1. The minimum atomic E-state index is -2.97. The average Bonchev–Trinajstić information content (AvgIpc) is 2.76. The quantitative estimate of drug-likeness (QED) is 0.873. The minimum Gasteiger partial charge on any atom is -0.481 e. The Balaban J connectivity index is 2.09. The Labute approximate surface area is 122 Å². The molecule has 1 saturated heterocycles. The first kappa shape index (κ1) is 15.2. The van der Waals surface area contributed by atoms with Gasteiger partial charge in [-0.1, -0.05) is 0 Å². The van der Waals surface area contributed by atoms with Gasteiger partial charge in [-0.25, -0.2) is 13.4 Å². The maximum Gasteiger partial charge on any atom is 0.315 e. The van der Waals surface area contributed by atoms with Crippen molar-refractivity contribution in [2.24, 2.45) is 0 Å². The molecule has 0 saturated carbocycles. The summed E-state index contributed by atoms with van der Waals surface area (Å²) in [7, 11) is -2.97. The van der Waals surface area contributed by atoms with E-state index in [1.807, 2.05) is 0 Å². The molecule has 1 atom stereocenters. The molecule has 8 heteroatoms. The second-order valence-electron chi connectivity index (χ2n) is 5.57. The molecule has 1 aliphatic heterocycles. The van der Waals surface area contributed by atoms with Crippen LogP contribution in [-0.2, 0) is 20.0 Å². The van der Waals surface area contributed by atoms with Gasteiger partial charge in [-0.15, -0.1) is 11.3 Å². The lowest BCUT2D eigenvalue weighted by Crippen LogP contribution is -2.35. The molecule has 2 N–H and O–H groups in total. The van der Waals surface area contributed by atoms with Crippen LogP contribution in [0, 0.1) is 0 Å². The molecule has 0 aromatic carbocycles. The van der Waals surface area contributed by atoms with Crippen molar-refractivity contribution in [2.45, 2.75) is 38.1 Å². The first-order valence-electron chi connectivity index (χ1n) is 6.37. The van der Waals surface area contributed by atoms with Crippen molar-refractivity contribution in [2.75, 3.05) is 16.8 Å². The first-order chi connectivity index (χ1) is 9.21. The van der Waals surface area contributed by atoms with Crippen LogP contribution in [0.4, 0.5) is 5.13 Å². The van der Waals surface area contributed by atoms with E-state index in [4.69, 9.17) is 5.11 Å². The van der Waals surface area contributed by atoms with Crippen LogP contribution in [0.3, 0.4) is 0 Å². The molecule has 1 unspecified atom stereocenters. The van der Waals surface area contributed by atoms with E-state index in [2.05, 4.69) is 10.3 Å². The number of thiazole rings is 1. The summed E-state index contributed by atoms with van der Waals surface area (Å²) in [4.78, 5) is 15.4. The molecule has 1 aromatic heterocycles. The van der Waals surface area contributed by atoms with Gasteiger partial charge in [-0.05, 0) is 26.7 Å². The summed E-state index contributed by atoms with van der Waals surface area (Å²) in [6, 6.07) is -0.138. The zero-order valence-electron chi connectivity index (χ0n) is 11.4. The fourth-order valence-corrected chi connectivity index (χ4v) is 4.64. The third kappa shape index (κ3) is 3.29. The van der Waals surface area contributed by atoms with Crippen molar-refractivity contribution in [1.82, 2.24) is 4.98 Å². The van der Waals surface area contributed by atoms with E-state index in [9.17, 15) is 13.2 Å². The van der Waals surface area contributed by atoms with Crippen molar-refractivity contribution in [3.05, 3.63) is 11.1 Å². The molecular formula is C12H18N2O4S2. The van der Waals surface area contributed by atoms with Gasteiger partial charge in [0.2, 0.25) is 0 Å². The summed E-state index contributed by atoms with van der Waals surface area (Å²) in [5, 5.41) is 14.5. The Morgan fingerprint density at radius 1 is 1.55 bits per heavy atom. The van der Waals surface area contributed by atoms with E-state index in [1.54, 1.807) is 19.2 Å². The molecule has 2 heterocycles. The highest BCUT2D eigenvalue weighted by Crippen LogP contribution is 2.28. The molecule has 0 bridgehead atoms. The lowest BCUT2D eigenvalue weighted by Gasteiger charge is -2.22.